The number of nitrogens with zero attached hydrogens (tertiary/aromatic N) is 3. The van der Waals surface area contributed by atoms with Gasteiger partial charge in [0.05, 0.1) is 26.7 Å². The Bertz CT molecular complexity index is 1190. The Morgan fingerprint density at radius 1 is 0.907 bits per heavy atom. The highest BCUT2D eigenvalue weighted by molar-refractivity contribution is 5.79. The molecule has 2 aromatic carbocycles. The van der Waals surface area contributed by atoms with Gasteiger partial charge in [-0.2, -0.15) is 0 Å². The lowest BCUT2D eigenvalue weighted by Crippen LogP contribution is -2.51. The van der Waals surface area contributed by atoms with Gasteiger partial charge in [0.15, 0.2) is 11.5 Å². The highest BCUT2D eigenvalue weighted by Crippen LogP contribution is 2.41. The summed E-state index contributed by atoms with van der Waals surface area (Å²) in [4.78, 5) is 21.3. The molecule has 1 atom stereocenters. The second kappa shape index (κ2) is 14.8. The van der Waals surface area contributed by atoms with Gasteiger partial charge in [-0.05, 0) is 127 Å². The highest BCUT2D eigenvalue weighted by atomic mass is 16.5. The van der Waals surface area contributed by atoms with Crippen molar-refractivity contribution in [2.24, 2.45) is 0 Å². The van der Waals surface area contributed by atoms with Crippen molar-refractivity contribution in [3.05, 3.63) is 53.6 Å². The van der Waals surface area contributed by atoms with Crippen molar-refractivity contribution in [3.63, 3.8) is 0 Å². The smallest absolute Gasteiger partial charge is 0.227 e. The second-order valence-electron chi connectivity index (χ2n) is 13.2. The van der Waals surface area contributed by atoms with Gasteiger partial charge in [0, 0.05) is 24.5 Å². The monoisotopic (exact) mass is 591 g/mol. The summed E-state index contributed by atoms with van der Waals surface area (Å²) >= 11 is 0. The lowest BCUT2D eigenvalue weighted by Gasteiger charge is -2.45. The number of carbonyl (C=O) groups is 1. The average Bonchev–Trinajstić information content (AvgIpc) is 3.04. The van der Waals surface area contributed by atoms with Crippen LogP contribution in [0.3, 0.4) is 0 Å². The van der Waals surface area contributed by atoms with Crippen LogP contribution in [0.25, 0.3) is 0 Å². The van der Waals surface area contributed by atoms with Crippen molar-refractivity contribution in [2.75, 3.05) is 60.0 Å². The summed E-state index contributed by atoms with van der Waals surface area (Å²) in [6.07, 6.45) is 10.2. The van der Waals surface area contributed by atoms with Gasteiger partial charge >= 0.3 is 0 Å². The van der Waals surface area contributed by atoms with Gasteiger partial charge in [-0.3, -0.25) is 4.79 Å². The molecule has 3 fully saturated rings. The maximum atomic E-state index is 13.8. The molecule has 3 heterocycles. The molecule has 1 unspecified atom stereocenters. The number of amides is 1. The molecule has 0 bridgehead atoms. The molecule has 3 aliphatic heterocycles. The van der Waals surface area contributed by atoms with E-state index in [0.717, 1.165) is 67.8 Å². The van der Waals surface area contributed by atoms with Crippen LogP contribution in [0.4, 0.5) is 0 Å². The van der Waals surface area contributed by atoms with Crippen LogP contribution in [0.2, 0.25) is 0 Å². The molecule has 0 N–H and O–H groups in total. The molecule has 0 spiro atoms. The van der Waals surface area contributed by atoms with Gasteiger partial charge in [-0.25, -0.2) is 0 Å². The average molecular weight is 592 g/mol. The number of piperidine rings is 3. The van der Waals surface area contributed by atoms with E-state index in [-0.39, 0.29) is 17.4 Å². The van der Waals surface area contributed by atoms with Crippen LogP contribution in [0.5, 0.6) is 17.2 Å². The number of hydrogen-bond acceptors (Lipinski definition) is 6. The molecule has 0 radical (unpaired) electrons. The summed E-state index contributed by atoms with van der Waals surface area (Å²) in [6, 6.07) is 15.1. The summed E-state index contributed by atoms with van der Waals surface area (Å²) in [6.45, 7) is 11.5. The molecule has 3 aliphatic rings. The minimum Gasteiger partial charge on any atom is -0.493 e. The molecular weight excluding hydrogens is 538 g/mol. The van der Waals surface area contributed by atoms with Crippen molar-refractivity contribution in [3.8, 4) is 17.2 Å². The predicted octanol–water partition coefficient (Wildman–Crippen LogP) is 5.93. The van der Waals surface area contributed by atoms with E-state index < -0.39 is 0 Å². The third kappa shape index (κ3) is 8.04. The normalized spacial score (nSPS) is 22.5. The van der Waals surface area contributed by atoms with Crippen molar-refractivity contribution < 1.29 is 19.0 Å². The van der Waals surface area contributed by atoms with Gasteiger partial charge in [0.1, 0.15) is 5.75 Å². The van der Waals surface area contributed by atoms with Crippen LogP contribution >= 0.6 is 0 Å². The minimum absolute atomic E-state index is 0.103. The molecule has 236 valence electrons. The maximum absolute atomic E-state index is 13.8. The summed E-state index contributed by atoms with van der Waals surface area (Å²) in [5.74, 6) is 2.51. The molecule has 3 saturated heterocycles. The number of hydrogen-bond donors (Lipinski definition) is 0. The van der Waals surface area contributed by atoms with E-state index in [2.05, 4.69) is 26.8 Å². The number of rotatable bonds is 11. The number of likely N-dealkylation sites (tertiary alicyclic amines) is 3. The molecule has 43 heavy (non-hydrogen) atoms. The minimum atomic E-state index is -0.125. The third-order valence-electron chi connectivity index (χ3n) is 9.92. The summed E-state index contributed by atoms with van der Waals surface area (Å²) in [7, 11) is 3.39. The number of ether oxygens (including phenoxy) is 3. The Kier molecular flexibility index (Phi) is 10.9. The molecule has 1 amide bonds. The Morgan fingerprint density at radius 3 is 2.40 bits per heavy atom. The molecule has 0 aliphatic carbocycles. The molecular formula is C36H53N3O4. The van der Waals surface area contributed by atoms with Gasteiger partial charge < -0.3 is 28.9 Å². The number of benzene rings is 2. The van der Waals surface area contributed by atoms with Crippen LogP contribution in [0, 0.1) is 0 Å². The molecule has 5 rings (SSSR count). The van der Waals surface area contributed by atoms with Crippen LogP contribution in [-0.2, 0) is 16.6 Å². The quantitative estimate of drug-likeness (QED) is 0.323. The molecule has 0 saturated carbocycles. The topological polar surface area (TPSA) is 54.5 Å². The van der Waals surface area contributed by atoms with Crippen LogP contribution < -0.4 is 14.2 Å². The zero-order chi connectivity index (χ0) is 30.2. The van der Waals surface area contributed by atoms with E-state index in [9.17, 15) is 4.79 Å². The largest absolute Gasteiger partial charge is 0.493 e. The standard InChI is InChI=1S/C36H53N3O4/c1-28(2)43-32-11-8-10-29(24-32)25-35(40)39-20-9-16-36(27-39,30-12-13-33(41-3)34(26-30)42-4)17-23-37-21-14-31(15-22-37)38-18-6-5-7-19-38/h8,10-13,24,26,28,31H,5-7,9,14-23,25,27H2,1-4H3. The summed E-state index contributed by atoms with van der Waals surface area (Å²) < 4.78 is 17.2. The Hall–Kier alpha value is -2.77. The van der Waals surface area contributed by atoms with Crippen molar-refractivity contribution in [2.45, 2.75) is 89.2 Å². The van der Waals surface area contributed by atoms with E-state index >= 15 is 0 Å². The summed E-state index contributed by atoms with van der Waals surface area (Å²) in [5.41, 5.74) is 2.12. The van der Waals surface area contributed by atoms with Crippen LogP contribution in [0.1, 0.15) is 76.3 Å². The maximum Gasteiger partial charge on any atom is 0.227 e. The first-order valence-electron chi connectivity index (χ1n) is 16.6. The fourth-order valence-corrected chi connectivity index (χ4v) is 7.55. The second-order valence-corrected chi connectivity index (χ2v) is 13.2. The molecule has 2 aromatic rings. The Labute approximate surface area is 259 Å². The van der Waals surface area contributed by atoms with E-state index in [1.54, 1.807) is 14.2 Å². The third-order valence-corrected chi connectivity index (χ3v) is 9.92. The predicted molar refractivity (Wildman–Crippen MR) is 172 cm³/mol. The molecule has 7 heteroatoms. The van der Waals surface area contributed by atoms with Crippen molar-refractivity contribution >= 4 is 5.91 Å². The molecule has 7 nitrogen and oxygen atoms in total. The fourth-order valence-electron chi connectivity index (χ4n) is 7.55. The SMILES string of the molecule is COc1ccc(C2(CCN3CCC(N4CCCCC4)CC3)CCCN(C(=O)Cc3cccc(OC(C)C)c3)C2)cc1OC. The zero-order valence-electron chi connectivity index (χ0n) is 27.0. The summed E-state index contributed by atoms with van der Waals surface area (Å²) in [5, 5.41) is 0. The van der Waals surface area contributed by atoms with Gasteiger partial charge in [0.2, 0.25) is 5.91 Å². The lowest BCUT2D eigenvalue weighted by molar-refractivity contribution is -0.132. The molecule has 0 aromatic heterocycles. The number of carbonyl (C=O) groups excluding carboxylic acids is 1. The first-order chi connectivity index (χ1) is 20.9. The van der Waals surface area contributed by atoms with E-state index in [1.807, 2.05) is 44.2 Å². The first kappa shape index (κ1) is 31.6. The zero-order valence-corrected chi connectivity index (χ0v) is 27.0. The highest BCUT2D eigenvalue weighted by Gasteiger charge is 2.39. The lowest BCUT2D eigenvalue weighted by atomic mass is 9.71. The van der Waals surface area contributed by atoms with Crippen LogP contribution in [0.15, 0.2) is 42.5 Å². The first-order valence-corrected chi connectivity index (χ1v) is 16.6. The van der Waals surface area contributed by atoms with Crippen molar-refractivity contribution in [1.29, 1.82) is 0 Å². The van der Waals surface area contributed by atoms with E-state index in [1.165, 1.54) is 63.8 Å². The van der Waals surface area contributed by atoms with Gasteiger partial charge in [-0.1, -0.05) is 24.6 Å². The van der Waals surface area contributed by atoms with E-state index in [4.69, 9.17) is 14.2 Å². The Balaban J connectivity index is 1.30. The van der Waals surface area contributed by atoms with Gasteiger partial charge in [0.25, 0.3) is 0 Å². The number of methoxy groups -OCH3 is 2. The van der Waals surface area contributed by atoms with E-state index in [0.29, 0.717) is 6.42 Å². The fraction of sp³-hybridized carbons (Fsp3) is 0.639. The Morgan fingerprint density at radius 2 is 1.67 bits per heavy atom. The van der Waals surface area contributed by atoms with Crippen molar-refractivity contribution in [1.82, 2.24) is 14.7 Å². The van der Waals surface area contributed by atoms with Crippen LogP contribution in [-0.4, -0.2) is 92.8 Å². The van der Waals surface area contributed by atoms with Gasteiger partial charge in [-0.15, -0.1) is 0 Å².